The number of nitriles is 1. The molecule has 2 N–H and O–H groups in total. The molecule has 2 saturated heterocycles. The standard InChI is InChI=1S/C6H15N3.C6H13N.C2H2ClN/c1-8-2-4-9(6-7)5-3-8;1-7-5-3-2-4-6-7;3-1-2-4/h2-7H2,1H3;2-6H2,1H3;1H2. The molecule has 2 heterocycles. The Bertz CT molecular complexity index is 242. The van der Waals surface area contributed by atoms with Gasteiger partial charge < -0.3 is 15.5 Å². The molecule has 20 heavy (non-hydrogen) atoms. The van der Waals surface area contributed by atoms with Crippen molar-refractivity contribution in [3.8, 4) is 6.07 Å². The summed E-state index contributed by atoms with van der Waals surface area (Å²) in [5.74, 6) is 0.0972. The molecule has 2 rings (SSSR count). The molecule has 0 atom stereocenters. The molecule has 118 valence electrons. The maximum absolute atomic E-state index is 7.49. The molecule has 0 aromatic carbocycles. The summed E-state index contributed by atoms with van der Waals surface area (Å²) in [5, 5.41) is 7.49. The van der Waals surface area contributed by atoms with Gasteiger partial charge >= 0.3 is 0 Å². The zero-order valence-electron chi connectivity index (χ0n) is 13.0. The summed E-state index contributed by atoms with van der Waals surface area (Å²) in [4.78, 5) is 6.98. The van der Waals surface area contributed by atoms with Crippen LogP contribution in [0.15, 0.2) is 0 Å². The summed E-state index contributed by atoms with van der Waals surface area (Å²) in [6.45, 7) is 7.95. The first-order chi connectivity index (χ1) is 9.63. The predicted octanol–water partition coefficient (Wildman–Crippen LogP) is 1.00. The maximum Gasteiger partial charge on any atom is 0.109 e. The van der Waals surface area contributed by atoms with E-state index >= 15 is 0 Å². The number of piperazine rings is 1. The van der Waals surface area contributed by atoms with Crippen molar-refractivity contribution in [2.75, 3.05) is 65.9 Å². The second-order valence-corrected chi connectivity index (χ2v) is 5.53. The molecular weight excluding hydrogens is 274 g/mol. The number of nitrogens with zero attached hydrogens (tertiary/aromatic N) is 4. The minimum Gasteiger partial charge on any atom is -0.318 e. The van der Waals surface area contributed by atoms with Crippen molar-refractivity contribution >= 4 is 11.6 Å². The zero-order valence-corrected chi connectivity index (χ0v) is 13.8. The van der Waals surface area contributed by atoms with Gasteiger partial charge in [-0.1, -0.05) is 6.42 Å². The summed E-state index contributed by atoms with van der Waals surface area (Å²) in [7, 11) is 4.34. The SMILES string of the molecule is CN1CCCCC1.CN1CCN(CN)CC1.N#CCCl. The van der Waals surface area contributed by atoms with Crippen molar-refractivity contribution in [1.29, 1.82) is 5.26 Å². The van der Waals surface area contributed by atoms with Gasteiger partial charge in [0.15, 0.2) is 0 Å². The summed E-state index contributed by atoms with van der Waals surface area (Å²) < 4.78 is 0. The highest BCUT2D eigenvalue weighted by atomic mass is 35.5. The third-order valence-electron chi connectivity index (χ3n) is 3.49. The minimum atomic E-state index is 0.0972. The summed E-state index contributed by atoms with van der Waals surface area (Å²) in [5.41, 5.74) is 5.46. The van der Waals surface area contributed by atoms with E-state index in [2.05, 4.69) is 28.8 Å². The monoisotopic (exact) mass is 303 g/mol. The fourth-order valence-corrected chi connectivity index (χ4v) is 2.08. The number of likely N-dealkylation sites (N-methyl/N-ethyl adjacent to an activating group) is 1. The Labute approximate surface area is 129 Å². The molecular formula is C14H30ClN5. The van der Waals surface area contributed by atoms with Crippen molar-refractivity contribution < 1.29 is 0 Å². The largest absolute Gasteiger partial charge is 0.318 e. The first-order valence-electron chi connectivity index (χ1n) is 7.36. The normalized spacial score (nSPS) is 20.9. The van der Waals surface area contributed by atoms with Crippen molar-refractivity contribution in [1.82, 2.24) is 14.7 Å². The Morgan fingerprint density at radius 2 is 1.40 bits per heavy atom. The molecule has 2 aliphatic heterocycles. The lowest BCUT2D eigenvalue weighted by Crippen LogP contribution is -2.46. The summed E-state index contributed by atoms with van der Waals surface area (Å²) in [6.07, 6.45) is 4.28. The molecule has 0 aromatic heterocycles. The molecule has 0 radical (unpaired) electrons. The van der Waals surface area contributed by atoms with Gasteiger partial charge in [-0.2, -0.15) is 5.26 Å². The number of nitrogens with two attached hydrogens (primary N) is 1. The van der Waals surface area contributed by atoms with Gasteiger partial charge in [0.05, 0.1) is 6.07 Å². The molecule has 5 nitrogen and oxygen atoms in total. The molecule has 2 aliphatic rings. The topological polar surface area (TPSA) is 59.5 Å². The number of rotatable bonds is 1. The Morgan fingerprint density at radius 3 is 1.70 bits per heavy atom. The van der Waals surface area contributed by atoms with E-state index in [0.29, 0.717) is 6.67 Å². The van der Waals surface area contributed by atoms with Crippen LogP contribution in [0, 0.1) is 11.3 Å². The van der Waals surface area contributed by atoms with Gasteiger partial charge in [-0.3, -0.25) is 4.90 Å². The number of likely N-dealkylation sites (tertiary alicyclic amines) is 1. The van der Waals surface area contributed by atoms with Crippen molar-refractivity contribution in [2.24, 2.45) is 5.73 Å². The van der Waals surface area contributed by atoms with Crippen LogP contribution in [-0.2, 0) is 0 Å². The van der Waals surface area contributed by atoms with Crippen LogP contribution in [0.2, 0.25) is 0 Å². The number of hydrogen-bond donors (Lipinski definition) is 1. The molecule has 0 spiro atoms. The maximum atomic E-state index is 7.49. The number of hydrogen-bond acceptors (Lipinski definition) is 5. The number of halogens is 1. The molecule has 2 fully saturated rings. The van der Waals surface area contributed by atoms with E-state index in [1.807, 2.05) is 0 Å². The molecule has 0 bridgehead atoms. The highest BCUT2D eigenvalue weighted by Crippen LogP contribution is 2.04. The van der Waals surface area contributed by atoms with Crippen LogP contribution < -0.4 is 5.73 Å². The molecule has 0 aromatic rings. The Balaban J connectivity index is 0.000000293. The third-order valence-corrected chi connectivity index (χ3v) is 3.61. The quantitative estimate of drug-likeness (QED) is 0.732. The van der Waals surface area contributed by atoms with Gasteiger partial charge in [-0.15, -0.1) is 11.6 Å². The molecule has 0 aliphatic carbocycles. The second kappa shape index (κ2) is 13.6. The fraction of sp³-hybridized carbons (Fsp3) is 0.929. The van der Waals surface area contributed by atoms with E-state index in [1.54, 1.807) is 6.07 Å². The van der Waals surface area contributed by atoms with Gasteiger partial charge in [0.25, 0.3) is 0 Å². The van der Waals surface area contributed by atoms with Crippen LogP contribution in [-0.4, -0.2) is 80.6 Å². The number of alkyl halides is 1. The predicted molar refractivity (Wildman–Crippen MR) is 85.8 cm³/mol. The minimum absolute atomic E-state index is 0.0972. The van der Waals surface area contributed by atoms with Crippen molar-refractivity contribution in [3.63, 3.8) is 0 Å². The van der Waals surface area contributed by atoms with Crippen molar-refractivity contribution in [2.45, 2.75) is 19.3 Å². The Kier molecular flexibility index (Phi) is 13.3. The van der Waals surface area contributed by atoms with E-state index in [-0.39, 0.29) is 5.88 Å². The van der Waals surface area contributed by atoms with Crippen molar-refractivity contribution in [3.05, 3.63) is 0 Å². The Morgan fingerprint density at radius 1 is 0.950 bits per heavy atom. The highest BCUT2D eigenvalue weighted by Gasteiger charge is 2.10. The van der Waals surface area contributed by atoms with Gasteiger partial charge in [-0.05, 0) is 40.0 Å². The van der Waals surface area contributed by atoms with E-state index in [0.717, 1.165) is 26.2 Å². The molecule has 0 unspecified atom stereocenters. The third kappa shape index (κ3) is 11.4. The zero-order chi connectivity index (χ0) is 15.2. The van der Waals surface area contributed by atoms with Crippen LogP contribution in [0.1, 0.15) is 19.3 Å². The average molecular weight is 304 g/mol. The summed E-state index contributed by atoms with van der Waals surface area (Å²) in [6, 6.07) is 1.70. The molecule has 0 saturated carbocycles. The first kappa shape index (κ1) is 19.6. The lowest BCUT2D eigenvalue weighted by atomic mass is 10.1. The summed E-state index contributed by atoms with van der Waals surface area (Å²) >= 11 is 4.82. The second-order valence-electron chi connectivity index (χ2n) is 5.26. The van der Waals surface area contributed by atoms with Gasteiger partial charge in [-0.25, -0.2) is 0 Å². The number of piperidine rings is 1. The van der Waals surface area contributed by atoms with E-state index in [1.165, 1.54) is 32.4 Å². The fourth-order valence-electron chi connectivity index (χ4n) is 2.08. The van der Waals surface area contributed by atoms with Crippen LogP contribution in [0.5, 0.6) is 0 Å². The van der Waals surface area contributed by atoms with Crippen LogP contribution in [0.4, 0.5) is 0 Å². The lowest BCUT2D eigenvalue weighted by molar-refractivity contribution is 0.157. The lowest BCUT2D eigenvalue weighted by Gasteiger charge is -2.30. The van der Waals surface area contributed by atoms with E-state index < -0.39 is 0 Å². The van der Waals surface area contributed by atoms with Gasteiger partial charge in [0.1, 0.15) is 5.88 Å². The highest BCUT2D eigenvalue weighted by molar-refractivity contribution is 6.19. The van der Waals surface area contributed by atoms with Crippen LogP contribution in [0.3, 0.4) is 0 Å². The Hall–Kier alpha value is -0.380. The first-order valence-corrected chi connectivity index (χ1v) is 7.90. The van der Waals surface area contributed by atoms with Crippen LogP contribution in [0.25, 0.3) is 0 Å². The van der Waals surface area contributed by atoms with E-state index in [9.17, 15) is 0 Å². The smallest absolute Gasteiger partial charge is 0.109 e. The average Bonchev–Trinajstić information content (AvgIpc) is 2.50. The van der Waals surface area contributed by atoms with Gasteiger partial charge in [0, 0.05) is 32.8 Å². The molecule has 0 amide bonds. The van der Waals surface area contributed by atoms with Gasteiger partial charge in [0.2, 0.25) is 0 Å². The van der Waals surface area contributed by atoms with E-state index in [4.69, 9.17) is 22.6 Å². The molecule has 6 heteroatoms. The van der Waals surface area contributed by atoms with Crippen LogP contribution >= 0.6 is 11.6 Å².